The van der Waals surface area contributed by atoms with Crippen LogP contribution in [0.1, 0.15) is 31.6 Å². The van der Waals surface area contributed by atoms with Crippen molar-refractivity contribution in [3.05, 3.63) is 48.6 Å². The summed E-state index contributed by atoms with van der Waals surface area (Å²) in [5.41, 5.74) is 0.555. The Morgan fingerprint density at radius 3 is 2.48 bits per heavy atom. The molecule has 1 aromatic carbocycles. The molecule has 0 atom stereocenters. The van der Waals surface area contributed by atoms with Gasteiger partial charge in [-0.3, -0.25) is 4.79 Å². The lowest BCUT2D eigenvalue weighted by Gasteiger charge is -2.29. The summed E-state index contributed by atoms with van der Waals surface area (Å²) in [5.74, 6) is 1.11. The van der Waals surface area contributed by atoms with Crippen molar-refractivity contribution < 1.29 is 22.0 Å². The zero-order valence-electron chi connectivity index (χ0n) is 15.7. The van der Waals surface area contributed by atoms with Crippen molar-refractivity contribution >= 4 is 21.6 Å². The van der Waals surface area contributed by atoms with Crippen molar-refractivity contribution in [1.82, 2.24) is 14.5 Å². The predicted molar refractivity (Wildman–Crippen MR) is 103 cm³/mol. The summed E-state index contributed by atoms with van der Waals surface area (Å²) >= 11 is 0. The van der Waals surface area contributed by atoms with Gasteiger partial charge in [-0.15, -0.1) is 10.2 Å². The molecule has 0 saturated carbocycles. The first kappa shape index (κ1) is 19.3. The Morgan fingerprint density at radius 2 is 1.86 bits per heavy atom. The predicted octanol–water partition coefficient (Wildman–Crippen LogP) is 2.86. The van der Waals surface area contributed by atoms with E-state index in [1.165, 1.54) is 29.6 Å². The monoisotopic (exact) mass is 416 g/mol. The number of carbonyl (C=O) groups excluding carboxylic acids is 1. The van der Waals surface area contributed by atoms with Crippen LogP contribution in [0.5, 0.6) is 0 Å². The number of hydrogen-bond donors (Lipinski definition) is 1. The van der Waals surface area contributed by atoms with Crippen molar-refractivity contribution in [2.45, 2.75) is 30.6 Å². The second kappa shape index (κ2) is 7.80. The number of aromatic nitrogens is 2. The Labute approximate surface area is 167 Å². The van der Waals surface area contributed by atoms with Gasteiger partial charge in [0.05, 0.1) is 11.2 Å². The molecule has 0 unspecified atom stereocenters. The number of piperidine rings is 1. The number of nitrogens with zero attached hydrogens (tertiary/aromatic N) is 3. The Morgan fingerprint density at radius 1 is 1.14 bits per heavy atom. The van der Waals surface area contributed by atoms with Crippen LogP contribution >= 0.6 is 0 Å². The van der Waals surface area contributed by atoms with Gasteiger partial charge in [0, 0.05) is 31.6 Å². The van der Waals surface area contributed by atoms with E-state index in [0.717, 1.165) is 0 Å². The van der Waals surface area contributed by atoms with E-state index in [-0.39, 0.29) is 16.7 Å². The minimum absolute atomic E-state index is 0.000181. The molecule has 0 aliphatic carbocycles. The molecule has 0 bridgehead atoms. The quantitative estimate of drug-likeness (QED) is 0.679. The third-order valence-corrected chi connectivity index (χ3v) is 6.70. The minimum Gasteiger partial charge on any atom is -0.459 e. The first-order valence-corrected chi connectivity index (χ1v) is 10.6. The highest BCUT2D eigenvalue weighted by molar-refractivity contribution is 7.89. The molecule has 1 saturated heterocycles. The van der Waals surface area contributed by atoms with E-state index in [0.29, 0.717) is 49.2 Å². The van der Waals surface area contributed by atoms with Crippen molar-refractivity contribution in [1.29, 1.82) is 0 Å². The molecule has 3 aromatic rings. The van der Waals surface area contributed by atoms with Crippen molar-refractivity contribution in [2.75, 3.05) is 18.4 Å². The molecule has 29 heavy (non-hydrogen) atoms. The van der Waals surface area contributed by atoms with E-state index < -0.39 is 10.0 Å². The second-order valence-electron chi connectivity index (χ2n) is 6.81. The number of rotatable bonds is 5. The lowest BCUT2D eigenvalue weighted by Crippen LogP contribution is -2.37. The van der Waals surface area contributed by atoms with Gasteiger partial charge >= 0.3 is 0 Å². The van der Waals surface area contributed by atoms with Crippen LogP contribution in [0.25, 0.3) is 11.7 Å². The number of benzene rings is 1. The standard InChI is InChI=1S/C19H20N4O5S/c1-13(24)20-15-4-6-16(7-5-15)29(25,26)23-10-8-14(9-11-23)18-21-22-19(28-18)17-3-2-12-27-17/h2-7,12,14H,8-11H2,1H3,(H,20,24). The molecule has 1 amide bonds. The van der Waals surface area contributed by atoms with Crippen LogP contribution in [0.4, 0.5) is 5.69 Å². The summed E-state index contributed by atoms with van der Waals surface area (Å²) in [4.78, 5) is 11.3. The van der Waals surface area contributed by atoms with Gasteiger partial charge in [0.1, 0.15) is 0 Å². The molecule has 0 spiro atoms. The summed E-state index contributed by atoms with van der Waals surface area (Å²) in [6, 6.07) is 9.64. The van der Waals surface area contributed by atoms with E-state index in [1.54, 1.807) is 24.3 Å². The fourth-order valence-corrected chi connectivity index (χ4v) is 4.77. The van der Waals surface area contributed by atoms with Crippen LogP contribution < -0.4 is 5.32 Å². The van der Waals surface area contributed by atoms with E-state index in [1.807, 2.05) is 0 Å². The lowest BCUT2D eigenvalue weighted by atomic mass is 9.98. The third-order valence-electron chi connectivity index (χ3n) is 4.79. The van der Waals surface area contributed by atoms with Gasteiger partial charge in [-0.1, -0.05) is 0 Å². The van der Waals surface area contributed by atoms with Gasteiger partial charge < -0.3 is 14.2 Å². The van der Waals surface area contributed by atoms with Crippen LogP contribution in [0.15, 0.2) is 56.4 Å². The van der Waals surface area contributed by atoms with Gasteiger partial charge in [0.25, 0.3) is 5.89 Å². The zero-order chi connectivity index (χ0) is 20.4. The summed E-state index contributed by atoms with van der Waals surface area (Å²) in [7, 11) is -3.60. The SMILES string of the molecule is CC(=O)Nc1ccc(S(=O)(=O)N2CCC(c3nnc(-c4ccco4)o3)CC2)cc1. The highest BCUT2D eigenvalue weighted by Gasteiger charge is 2.32. The Hall–Kier alpha value is -2.98. The van der Waals surface area contributed by atoms with Crippen LogP contribution in [0.2, 0.25) is 0 Å². The average Bonchev–Trinajstić information content (AvgIpc) is 3.40. The molecular weight excluding hydrogens is 396 g/mol. The fraction of sp³-hybridized carbons (Fsp3) is 0.316. The molecule has 1 aliphatic heterocycles. The van der Waals surface area contributed by atoms with Gasteiger partial charge in [-0.25, -0.2) is 8.42 Å². The summed E-state index contributed by atoms with van der Waals surface area (Å²) in [6.07, 6.45) is 2.71. The maximum atomic E-state index is 12.9. The number of furan rings is 1. The topological polar surface area (TPSA) is 119 Å². The Balaban J connectivity index is 1.41. The third kappa shape index (κ3) is 4.08. The molecule has 2 aromatic heterocycles. The molecule has 1 N–H and O–H groups in total. The molecular formula is C19H20N4O5S. The molecule has 1 aliphatic rings. The number of hydrogen-bond acceptors (Lipinski definition) is 7. The maximum absolute atomic E-state index is 12.9. The van der Waals surface area contributed by atoms with Crippen molar-refractivity contribution in [2.24, 2.45) is 0 Å². The fourth-order valence-electron chi connectivity index (χ4n) is 3.31. The molecule has 1 fully saturated rings. The summed E-state index contributed by atoms with van der Waals surface area (Å²) in [6.45, 7) is 2.12. The second-order valence-corrected chi connectivity index (χ2v) is 8.74. The molecule has 152 valence electrons. The van der Waals surface area contributed by atoms with E-state index >= 15 is 0 Å². The Bertz CT molecular complexity index is 1080. The van der Waals surface area contributed by atoms with Gasteiger partial charge in [-0.2, -0.15) is 4.31 Å². The van der Waals surface area contributed by atoms with Crippen LogP contribution in [0.3, 0.4) is 0 Å². The summed E-state index contributed by atoms with van der Waals surface area (Å²) < 4.78 is 38.2. The highest BCUT2D eigenvalue weighted by Crippen LogP contribution is 2.31. The molecule has 3 heterocycles. The number of amides is 1. The first-order valence-electron chi connectivity index (χ1n) is 9.18. The lowest BCUT2D eigenvalue weighted by molar-refractivity contribution is -0.114. The van der Waals surface area contributed by atoms with Crippen LogP contribution in [0, 0.1) is 0 Å². The molecule has 9 nitrogen and oxygen atoms in total. The first-order chi connectivity index (χ1) is 13.9. The van der Waals surface area contributed by atoms with Crippen LogP contribution in [-0.4, -0.2) is 41.9 Å². The van der Waals surface area contributed by atoms with Gasteiger partial charge in [-0.05, 0) is 49.2 Å². The number of anilines is 1. The molecule has 4 rings (SSSR count). The smallest absolute Gasteiger partial charge is 0.283 e. The van der Waals surface area contributed by atoms with E-state index in [2.05, 4.69) is 15.5 Å². The van der Waals surface area contributed by atoms with Crippen molar-refractivity contribution in [3.63, 3.8) is 0 Å². The van der Waals surface area contributed by atoms with Gasteiger partial charge in [0.15, 0.2) is 5.76 Å². The number of nitrogens with one attached hydrogen (secondary N) is 1. The van der Waals surface area contributed by atoms with E-state index in [4.69, 9.17) is 8.83 Å². The minimum atomic E-state index is -3.60. The number of carbonyl (C=O) groups is 1. The van der Waals surface area contributed by atoms with Gasteiger partial charge in [0.2, 0.25) is 21.8 Å². The number of sulfonamides is 1. The largest absolute Gasteiger partial charge is 0.459 e. The Kier molecular flexibility index (Phi) is 5.20. The normalized spacial score (nSPS) is 16.0. The van der Waals surface area contributed by atoms with Crippen LogP contribution in [-0.2, 0) is 14.8 Å². The van der Waals surface area contributed by atoms with Crippen molar-refractivity contribution in [3.8, 4) is 11.7 Å². The maximum Gasteiger partial charge on any atom is 0.283 e. The molecule has 0 radical (unpaired) electrons. The average molecular weight is 416 g/mol. The highest BCUT2D eigenvalue weighted by atomic mass is 32.2. The summed E-state index contributed by atoms with van der Waals surface area (Å²) in [5, 5.41) is 10.7. The molecule has 10 heteroatoms. The zero-order valence-corrected chi connectivity index (χ0v) is 16.6. The van der Waals surface area contributed by atoms with E-state index in [9.17, 15) is 13.2 Å².